The minimum atomic E-state index is -0.445. The highest BCUT2D eigenvalue weighted by Crippen LogP contribution is 2.41. The number of benzene rings is 7. The van der Waals surface area contributed by atoms with Crippen LogP contribution in [0.5, 0.6) is 0 Å². The minimum Gasteiger partial charge on any atom is -0.360 e. The van der Waals surface area contributed by atoms with E-state index in [1.54, 1.807) is 0 Å². The van der Waals surface area contributed by atoms with E-state index in [0.29, 0.717) is 0 Å². The molecule has 0 aliphatic rings. The number of anilines is 1. The Balaban J connectivity index is 1.45. The molecule has 0 bridgehead atoms. The van der Waals surface area contributed by atoms with Crippen molar-refractivity contribution in [2.45, 2.75) is 47.2 Å². The molecule has 280 valence electrons. The van der Waals surface area contributed by atoms with Gasteiger partial charge in [-0.1, -0.05) is 155 Å². The van der Waals surface area contributed by atoms with Gasteiger partial charge in [0.25, 0.3) is 0 Å². The molecule has 0 saturated heterocycles. The summed E-state index contributed by atoms with van der Waals surface area (Å²) in [5.74, 6) is 0.205. The van der Waals surface area contributed by atoms with Gasteiger partial charge in [0.15, 0.2) is 0 Å². The Morgan fingerprint density at radius 2 is 1.35 bits per heavy atom. The minimum absolute atomic E-state index is 0.205. The predicted molar refractivity (Wildman–Crippen MR) is 246 cm³/mol. The normalized spacial score (nSPS) is 12.6. The van der Waals surface area contributed by atoms with E-state index in [1.807, 2.05) is 12.3 Å². The second-order valence-electron chi connectivity index (χ2n) is 15.3. The summed E-state index contributed by atoms with van der Waals surface area (Å²) >= 11 is 0. The molecule has 57 heavy (non-hydrogen) atoms. The van der Waals surface area contributed by atoms with Crippen LogP contribution in [0.1, 0.15) is 61.2 Å². The zero-order valence-electron chi connectivity index (χ0n) is 33.6. The molecule has 1 aromatic heterocycles. The molecule has 0 saturated carbocycles. The van der Waals surface area contributed by atoms with Gasteiger partial charge < -0.3 is 5.32 Å². The van der Waals surface area contributed by atoms with Crippen molar-refractivity contribution in [2.24, 2.45) is 10.9 Å². The van der Waals surface area contributed by atoms with Crippen LogP contribution in [0.2, 0.25) is 0 Å². The fourth-order valence-corrected chi connectivity index (χ4v) is 7.93. The van der Waals surface area contributed by atoms with E-state index in [2.05, 4.69) is 198 Å². The molecule has 1 heterocycles. The molecule has 3 nitrogen and oxygen atoms in total. The standard InChI is InChI=1S/C54H49N3/c1-7-8-18-39-27-28-40-21-14-24-47(50(40)38(39)6)44-32-45(48-25-15-22-41-29-30-43-23-16-31-55-53(43)51(41)48)34-46(33-44)54(56-49-26-13-12-17-36(49)4)57-52(37(5)35(2)3)42-19-10-9-11-20-42/h8-35,54,56H,5,7H2,1-4,6H3/b18-8-,57-52+. The van der Waals surface area contributed by atoms with E-state index < -0.39 is 6.17 Å². The van der Waals surface area contributed by atoms with Crippen molar-refractivity contribution in [1.29, 1.82) is 0 Å². The fourth-order valence-electron chi connectivity index (χ4n) is 7.93. The first kappa shape index (κ1) is 37.3. The number of fused-ring (bicyclic) bond motifs is 4. The zero-order valence-corrected chi connectivity index (χ0v) is 33.6. The molecule has 7 aromatic carbocycles. The van der Waals surface area contributed by atoms with E-state index >= 15 is 0 Å². The number of hydrogen-bond donors (Lipinski definition) is 1. The molecule has 8 aromatic rings. The highest BCUT2D eigenvalue weighted by atomic mass is 15.1. The highest BCUT2D eigenvalue weighted by molar-refractivity contribution is 6.14. The van der Waals surface area contributed by atoms with Crippen LogP contribution in [0.3, 0.4) is 0 Å². The number of allylic oxidation sites excluding steroid dienone is 2. The van der Waals surface area contributed by atoms with E-state index in [-0.39, 0.29) is 5.92 Å². The molecule has 1 unspecified atom stereocenters. The second kappa shape index (κ2) is 16.3. The Morgan fingerprint density at radius 1 is 0.702 bits per heavy atom. The van der Waals surface area contributed by atoms with Gasteiger partial charge in [0.2, 0.25) is 0 Å². The quantitative estimate of drug-likeness (QED) is 0.106. The molecule has 0 spiro atoms. The molecular weight excluding hydrogens is 691 g/mol. The van der Waals surface area contributed by atoms with Crippen molar-refractivity contribution >= 4 is 49.9 Å². The topological polar surface area (TPSA) is 37.3 Å². The van der Waals surface area contributed by atoms with Crippen LogP contribution in [0.4, 0.5) is 5.69 Å². The summed E-state index contributed by atoms with van der Waals surface area (Å²) in [6.45, 7) is 15.6. The molecule has 0 radical (unpaired) electrons. The molecule has 0 amide bonds. The van der Waals surface area contributed by atoms with Gasteiger partial charge >= 0.3 is 0 Å². The molecule has 1 N–H and O–H groups in total. The summed E-state index contributed by atoms with van der Waals surface area (Å²) in [7, 11) is 0. The third-order valence-corrected chi connectivity index (χ3v) is 11.1. The Morgan fingerprint density at radius 3 is 2.07 bits per heavy atom. The molecule has 8 rings (SSSR count). The first-order valence-corrected chi connectivity index (χ1v) is 20.1. The number of nitrogens with zero attached hydrogens (tertiary/aromatic N) is 2. The lowest BCUT2D eigenvalue weighted by atomic mass is 9.88. The van der Waals surface area contributed by atoms with E-state index in [0.717, 1.165) is 78.4 Å². The monoisotopic (exact) mass is 739 g/mol. The van der Waals surface area contributed by atoms with E-state index in [4.69, 9.17) is 9.98 Å². The van der Waals surface area contributed by atoms with Gasteiger partial charge in [-0.25, -0.2) is 0 Å². The average Bonchev–Trinajstić information content (AvgIpc) is 3.25. The summed E-state index contributed by atoms with van der Waals surface area (Å²) in [5, 5.41) is 9.81. The van der Waals surface area contributed by atoms with Gasteiger partial charge in [-0.2, -0.15) is 0 Å². The van der Waals surface area contributed by atoms with Crippen molar-refractivity contribution < 1.29 is 0 Å². The highest BCUT2D eigenvalue weighted by Gasteiger charge is 2.21. The molecule has 0 aliphatic heterocycles. The first-order valence-electron chi connectivity index (χ1n) is 20.1. The third-order valence-electron chi connectivity index (χ3n) is 11.1. The number of rotatable bonds is 11. The number of nitrogens with one attached hydrogen (secondary N) is 1. The van der Waals surface area contributed by atoms with Crippen LogP contribution in [0, 0.1) is 19.8 Å². The molecule has 3 heteroatoms. The van der Waals surface area contributed by atoms with Crippen molar-refractivity contribution in [3.05, 3.63) is 198 Å². The van der Waals surface area contributed by atoms with Crippen LogP contribution in [-0.2, 0) is 0 Å². The Hall–Kier alpha value is -6.58. The maximum absolute atomic E-state index is 5.67. The molecule has 0 aliphatic carbocycles. The fraction of sp³-hybridized carbons (Fsp3) is 0.148. The van der Waals surface area contributed by atoms with Gasteiger partial charge in [-0.15, -0.1) is 0 Å². The number of hydrogen-bond acceptors (Lipinski definition) is 3. The number of para-hydroxylation sites is 1. The lowest BCUT2D eigenvalue weighted by Crippen LogP contribution is -2.16. The summed E-state index contributed by atoms with van der Waals surface area (Å²) in [4.78, 5) is 10.6. The molecule has 1 atom stereocenters. The van der Waals surface area contributed by atoms with Gasteiger partial charge in [0.1, 0.15) is 6.17 Å². The second-order valence-corrected chi connectivity index (χ2v) is 15.3. The number of pyridine rings is 1. The van der Waals surface area contributed by atoms with Gasteiger partial charge in [0, 0.05) is 28.2 Å². The van der Waals surface area contributed by atoms with E-state index in [1.165, 1.54) is 27.5 Å². The Kier molecular flexibility index (Phi) is 10.7. The zero-order chi connectivity index (χ0) is 39.5. The van der Waals surface area contributed by atoms with Gasteiger partial charge in [0.05, 0.1) is 11.2 Å². The van der Waals surface area contributed by atoms with Crippen LogP contribution in [0.15, 0.2) is 175 Å². The largest absolute Gasteiger partial charge is 0.360 e. The third kappa shape index (κ3) is 7.54. The van der Waals surface area contributed by atoms with Crippen LogP contribution in [-0.4, -0.2) is 10.7 Å². The van der Waals surface area contributed by atoms with Gasteiger partial charge in [-0.3, -0.25) is 9.98 Å². The summed E-state index contributed by atoms with van der Waals surface area (Å²) in [6, 6.07) is 52.3. The Labute approximate surface area is 337 Å². The van der Waals surface area contributed by atoms with Crippen LogP contribution in [0.25, 0.3) is 60.8 Å². The SMILES string of the molecule is C=C(/C(=N\C(Nc1ccccc1C)c1cc(-c2cccc3ccc(/C=C\CC)c(C)c23)cc(-c2cccc3ccc4cccnc4c23)c1)c1ccccc1)C(C)C. The average molecular weight is 740 g/mol. The lowest BCUT2D eigenvalue weighted by Gasteiger charge is -2.24. The Bertz CT molecular complexity index is 2820. The summed E-state index contributed by atoms with van der Waals surface area (Å²) in [5.41, 5.74) is 14.3. The smallest absolute Gasteiger partial charge is 0.145 e. The number of aromatic nitrogens is 1. The van der Waals surface area contributed by atoms with Crippen molar-refractivity contribution in [1.82, 2.24) is 4.98 Å². The van der Waals surface area contributed by atoms with E-state index in [9.17, 15) is 0 Å². The number of aryl methyl sites for hydroxylation is 2. The maximum Gasteiger partial charge on any atom is 0.145 e. The molecule has 0 fully saturated rings. The maximum atomic E-state index is 5.67. The van der Waals surface area contributed by atoms with Crippen molar-refractivity contribution in [3.63, 3.8) is 0 Å². The van der Waals surface area contributed by atoms with Crippen LogP contribution >= 0.6 is 0 Å². The van der Waals surface area contributed by atoms with Crippen LogP contribution < -0.4 is 5.32 Å². The van der Waals surface area contributed by atoms with Crippen molar-refractivity contribution in [3.8, 4) is 22.3 Å². The van der Waals surface area contributed by atoms with Gasteiger partial charge in [-0.05, 0) is 123 Å². The number of aliphatic imine (C=N–C) groups is 1. The van der Waals surface area contributed by atoms with Crippen molar-refractivity contribution in [2.75, 3.05) is 5.32 Å². The summed E-state index contributed by atoms with van der Waals surface area (Å²) < 4.78 is 0. The summed E-state index contributed by atoms with van der Waals surface area (Å²) in [6.07, 6.45) is 6.94. The predicted octanol–water partition coefficient (Wildman–Crippen LogP) is 14.7. The first-order chi connectivity index (χ1) is 27.8. The molecular formula is C54H49N3. The lowest BCUT2D eigenvalue weighted by molar-refractivity contribution is 0.791.